The van der Waals surface area contributed by atoms with Crippen LogP contribution in [0.5, 0.6) is 0 Å². The van der Waals surface area contributed by atoms with Crippen LogP contribution in [-0.2, 0) is 4.79 Å². The first kappa shape index (κ1) is 27.3. The van der Waals surface area contributed by atoms with E-state index < -0.39 is 49.0 Å². The summed E-state index contributed by atoms with van der Waals surface area (Å²) in [7, 11) is 0. The lowest BCUT2D eigenvalue weighted by atomic mass is 10.0. The van der Waals surface area contributed by atoms with Crippen LogP contribution < -0.4 is 10.6 Å². The van der Waals surface area contributed by atoms with Gasteiger partial charge in [0.15, 0.2) is 0 Å². The van der Waals surface area contributed by atoms with Gasteiger partial charge in [-0.1, -0.05) is 23.2 Å². The van der Waals surface area contributed by atoms with Gasteiger partial charge in [-0.15, -0.1) is 22.7 Å². The Labute approximate surface area is 216 Å². The van der Waals surface area contributed by atoms with E-state index in [9.17, 15) is 27.9 Å². The summed E-state index contributed by atoms with van der Waals surface area (Å²) >= 11 is 14.1. The number of hydrogen-bond donors (Lipinski definition) is 3. The van der Waals surface area contributed by atoms with Crippen LogP contribution in [0.3, 0.4) is 0 Å². The molecule has 3 N–H and O–H groups in total. The topological polar surface area (TPSA) is 104 Å². The molecule has 14 heteroatoms. The van der Waals surface area contributed by atoms with Crippen LogP contribution in [0.25, 0.3) is 10.6 Å². The van der Waals surface area contributed by atoms with E-state index >= 15 is 0 Å². The monoisotopic (exact) mass is 566 g/mol. The van der Waals surface area contributed by atoms with Crippen molar-refractivity contribution in [3.8, 4) is 10.6 Å². The fourth-order valence-corrected chi connectivity index (χ4v) is 5.03. The molecule has 35 heavy (non-hydrogen) atoms. The number of hydrogen-bond acceptors (Lipinski definition) is 7. The zero-order valence-corrected chi connectivity index (χ0v) is 21.1. The Morgan fingerprint density at radius 1 is 1.14 bits per heavy atom. The van der Waals surface area contributed by atoms with E-state index in [0.717, 1.165) is 22.7 Å². The molecule has 7 nitrogen and oxygen atoms in total. The number of rotatable bonds is 9. The molecule has 2 amide bonds. The number of nitrogens with one attached hydrogen (secondary N) is 2. The first-order chi connectivity index (χ1) is 16.4. The molecule has 2 aromatic heterocycles. The molecular weight excluding hydrogens is 548 g/mol. The van der Waals surface area contributed by atoms with Crippen LogP contribution in [0.15, 0.2) is 36.0 Å². The van der Waals surface area contributed by atoms with Gasteiger partial charge in [-0.2, -0.15) is 13.2 Å². The molecule has 0 aliphatic heterocycles. The van der Waals surface area contributed by atoms with E-state index in [-0.39, 0.29) is 9.88 Å². The molecule has 3 aromatic rings. The Morgan fingerprint density at radius 3 is 2.43 bits per heavy atom. The lowest BCUT2D eigenvalue weighted by Crippen LogP contribution is -2.49. The number of nitrogens with zero attached hydrogens (tertiary/aromatic N) is 2. The van der Waals surface area contributed by atoms with Gasteiger partial charge < -0.3 is 15.7 Å². The highest BCUT2D eigenvalue weighted by atomic mass is 35.5. The van der Waals surface area contributed by atoms with Crippen molar-refractivity contribution >= 4 is 57.7 Å². The second-order valence-electron chi connectivity index (χ2n) is 7.47. The third-order valence-electron chi connectivity index (χ3n) is 4.73. The van der Waals surface area contributed by atoms with Gasteiger partial charge in [-0.25, -0.2) is 9.97 Å². The van der Waals surface area contributed by atoms with Crippen LogP contribution >= 0.6 is 45.9 Å². The van der Waals surface area contributed by atoms with Crippen LogP contribution in [0.1, 0.15) is 40.5 Å². The molecule has 0 aliphatic rings. The predicted molar refractivity (Wildman–Crippen MR) is 129 cm³/mol. The fourth-order valence-electron chi connectivity index (χ4n) is 3.01. The molecule has 1 aromatic carbocycles. The van der Waals surface area contributed by atoms with E-state index in [2.05, 4.69) is 20.6 Å². The van der Waals surface area contributed by atoms with E-state index in [1.807, 2.05) is 0 Å². The van der Waals surface area contributed by atoms with Crippen LogP contribution in [0, 0.1) is 0 Å². The smallest absolute Gasteiger partial charge is 0.384 e. The first-order valence-electron chi connectivity index (χ1n) is 10.1. The number of aliphatic hydroxyl groups excluding tert-OH is 1. The summed E-state index contributed by atoms with van der Waals surface area (Å²) in [5.41, 5.74) is 0.612. The van der Waals surface area contributed by atoms with E-state index in [1.54, 1.807) is 23.6 Å². The maximum Gasteiger partial charge on any atom is 0.389 e. The van der Waals surface area contributed by atoms with Gasteiger partial charge in [0.25, 0.3) is 5.91 Å². The number of alkyl halides is 3. The molecule has 0 fully saturated rings. The van der Waals surface area contributed by atoms with Crippen molar-refractivity contribution in [1.82, 2.24) is 20.6 Å². The summed E-state index contributed by atoms with van der Waals surface area (Å²) in [6.45, 7) is 1.38. The average Bonchev–Trinajstić information content (AvgIpc) is 3.47. The number of carbonyl (C=O) groups is 2. The number of benzene rings is 1. The molecule has 0 aliphatic carbocycles. The number of aromatic nitrogens is 2. The van der Waals surface area contributed by atoms with Crippen LogP contribution in [0.2, 0.25) is 10.0 Å². The predicted octanol–water partition coefficient (Wildman–Crippen LogP) is 5.25. The first-order valence-corrected chi connectivity index (χ1v) is 12.6. The van der Waals surface area contributed by atoms with E-state index in [4.69, 9.17) is 23.2 Å². The highest BCUT2D eigenvalue weighted by Crippen LogP contribution is 2.31. The summed E-state index contributed by atoms with van der Waals surface area (Å²) in [5, 5.41) is 18.4. The molecule has 0 bridgehead atoms. The third-order valence-corrected chi connectivity index (χ3v) is 7.06. The lowest BCUT2D eigenvalue weighted by molar-refractivity contribution is -0.140. The van der Waals surface area contributed by atoms with Gasteiger partial charge >= 0.3 is 6.18 Å². The molecule has 3 rings (SSSR count). The number of carbonyl (C=O) groups excluding carboxylic acids is 2. The molecule has 0 spiro atoms. The second-order valence-corrected chi connectivity index (χ2v) is 10.3. The minimum absolute atomic E-state index is 0.174. The molecular formula is C21H19Cl2F3N4O3S2. The second kappa shape index (κ2) is 11.7. The zero-order valence-electron chi connectivity index (χ0n) is 18.0. The minimum atomic E-state index is -4.47. The summed E-state index contributed by atoms with van der Waals surface area (Å²) in [4.78, 5) is 33.6. The average molecular weight is 567 g/mol. The maximum absolute atomic E-state index is 12.8. The summed E-state index contributed by atoms with van der Waals surface area (Å²) in [5.74, 6) is -1.36. The van der Waals surface area contributed by atoms with Gasteiger partial charge in [0.1, 0.15) is 27.0 Å². The van der Waals surface area contributed by atoms with E-state index in [1.165, 1.54) is 19.3 Å². The fraction of sp³-hybridized carbons (Fsp3) is 0.333. The molecule has 3 atom stereocenters. The normalized spacial score (nSPS) is 14.3. The van der Waals surface area contributed by atoms with Crippen LogP contribution in [-0.4, -0.2) is 45.1 Å². The molecule has 1 unspecified atom stereocenters. The van der Waals surface area contributed by atoms with Crippen molar-refractivity contribution in [2.24, 2.45) is 0 Å². The number of amides is 2. The maximum atomic E-state index is 12.8. The number of aliphatic hydroxyl groups is 1. The van der Waals surface area contributed by atoms with Crippen molar-refractivity contribution in [2.45, 2.75) is 44.1 Å². The Bertz CT molecular complexity index is 1150. The lowest BCUT2D eigenvalue weighted by Gasteiger charge is -2.25. The van der Waals surface area contributed by atoms with E-state index in [0.29, 0.717) is 20.6 Å². The van der Waals surface area contributed by atoms with Gasteiger partial charge in [-0.3, -0.25) is 9.59 Å². The molecule has 0 saturated carbocycles. The molecule has 0 saturated heterocycles. The quantitative estimate of drug-likeness (QED) is 0.328. The summed E-state index contributed by atoms with van der Waals surface area (Å²) in [6.07, 6.45) is -4.95. The Hall–Kier alpha value is -2.25. The Morgan fingerprint density at radius 2 is 1.83 bits per heavy atom. The van der Waals surface area contributed by atoms with Crippen molar-refractivity contribution in [3.63, 3.8) is 0 Å². The zero-order chi connectivity index (χ0) is 25.8. The molecule has 2 heterocycles. The molecule has 188 valence electrons. The van der Waals surface area contributed by atoms with Gasteiger partial charge in [0, 0.05) is 33.6 Å². The number of thiazole rings is 2. The summed E-state index contributed by atoms with van der Waals surface area (Å²) in [6, 6.07) is 2.47. The van der Waals surface area contributed by atoms with Crippen molar-refractivity contribution in [2.75, 3.05) is 0 Å². The highest BCUT2D eigenvalue weighted by molar-refractivity contribution is 7.16. The SMILES string of the molecule is C[C@H](NC(=O)c1cnc(-c2cc(Cl)cc(Cl)c2)s1)C(=O)N[C@@H](CCC(F)(F)F)C(O)c1nccs1. The Kier molecular flexibility index (Phi) is 9.11. The van der Waals surface area contributed by atoms with Crippen LogP contribution in [0.4, 0.5) is 13.2 Å². The van der Waals surface area contributed by atoms with Crippen molar-refractivity contribution in [3.05, 3.63) is 55.9 Å². The van der Waals surface area contributed by atoms with Gasteiger partial charge in [-0.05, 0) is 31.5 Å². The molecule has 0 radical (unpaired) electrons. The largest absolute Gasteiger partial charge is 0.389 e. The van der Waals surface area contributed by atoms with Gasteiger partial charge in [0.05, 0.1) is 12.2 Å². The van der Waals surface area contributed by atoms with Crippen molar-refractivity contribution in [1.29, 1.82) is 0 Å². The number of halogens is 5. The standard InChI is InChI=1S/C21H19Cl2F3N4O3S2/c1-10(17(32)30-14(2-3-21(24,25)26)16(31)20-27-4-5-34-20)29-18(33)15-9-28-19(35-15)11-6-12(22)8-13(23)7-11/h4-10,14,16,31H,2-3H2,1H3,(H,29,33)(H,30,32)/t10-,14-,16?/m0/s1. The highest BCUT2D eigenvalue weighted by Gasteiger charge is 2.33. The van der Waals surface area contributed by atoms with Gasteiger partial charge in [0.2, 0.25) is 5.91 Å². The van der Waals surface area contributed by atoms with Crippen molar-refractivity contribution < 1.29 is 27.9 Å². The third kappa shape index (κ3) is 7.87. The Balaban J connectivity index is 1.65. The summed E-state index contributed by atoms with van der Waals surface area (Å²) < 4.78 is 38.3. The minimum Gasteiger partial charge on any atom is -0.384 e.